The van der Waals surface area contributed by atoms with Crippen LogP contribution in [0, 0.1) is 5.92 Å². The summed E-state index contributed by atoms with van der Waals surface area (Å²) in [5.74, 6) is 2.00. The van der Waals surface area contributed by atoms with Crippen LogP contribution in [0.15, 0.2) is 35.3 Å². The summed E-state index contributed by atoms with van der Waals surface area (Å²) < 4.78 is 7.44. The van der Waals surface area contributed by atoms with Crippen molar-refractivity contribution in [1.82, 2.24) is 19.4 Å². The minimum Gasteiger partial charge on any atom is -0.480 e. The Bertz CT molecular complexity index is 1350. The quantitative estimate of drug-likeness (QED) is 0.424. The average Bonchev–Trinajstić information content (AvgIpc) is 3.73. The Balaban J connectivity index is 1.44. The Kier molecular flexibility index (Phi) is 7.62. The van der Waals surface area contributed by atoms with Crippen LogP contribution in [0.4, 0.5) is 17.5 Å². The number of rotatable bonds is 10. The number of halogens is 1. The van der Waals surface area contributed by atoms with Crippen LogP contribution < -0.4 is 20.5 Å². The predicted molar refractivity (Wildman–Crippen MR) is 146 cm³/mol. The third-order valence-electron chi connectivity index (χ3n) is 7.08. The zero-order chi connectivity index (χ0) is 25.9. The molecule has 1 N–H and O–H groups in total. The first-order valence-electron chi connectivity index (χ1n) is 13.0. The summed E-state index contributed by atoms with van der Waals surface area (Å²) >= 11 is 6.45. The van der Waals surface area contributed by atoms with Gasteiger partial charge in [-0.3, -0.25) is 9.59 Å². The molecule has 1 aliphatic heterocycles. The highest BCUT2D eigenvalue weighted by molar-refractivity contribution is 6.32. The molecule has 1 saturated carbocycles. The number of carbonyl (C=O) groups is 1. The number of ether oxygens (including phenoxy) is 1. The van der Waals surface area contributed by atoms with Crippen LogP contribution >= 0.6 is 11.6 Å². The van der Waals surface area contributed by atoms with Crippen molar-refractivity contribution < 1.29 is 9.53 Å². The van der Waals surface area contributed by atoms with Gasteiger partial charge in [-0.2, -0.15) is 4.98 Å². The molecule has 1 aromatic carbocycles. The molecule has 0 radical (unpaired) electrons. The van der Waals surface area contributed by atoms with Crippen molar-refractivity contribution in [3.8, 4) is 5.75 Å². The molecule has 0 spiro atoms. The lowest BCUT2D eigenvalue weighted by Gasteiger charge is -2.32. The second-order valence-electron chi connectivity index (χ2n) is 9.93. The number of piperazine rings is 1. The number of fused-ring (bicyclic) bond motifs is 1. The number of nitrogens with zero attached hydrogens (tertiary/aromatic N) is 5. The molecule has 5 rings (SSSR count). The summed E-state index contributed by atoms with van der Waals surface area (Å²) in [6, 6.07) is 7.52. The van der Waals surface area contributed by atoms with Crippen LogP contribution in [0.2, 0.25) is 5.02 Å². The third-order valence-corrected chi connectivity index (χ3v) is 7.36. The molecule has 196 valence electrons. The summed E-state index contributed by atoms with van der Waals surface area (Å²) in [7, 11) is 2.11. The standard InChI is InChI=1S/C27H33ClN6O3/c1-3-21(35)17-37-24-15-19-14-20(6-7-23(19)34(26(24)36)9-8-18-4-5-18)30-25-22(28)16-29-27(31-25)33-12-10-32(2)11-13-33/h6-7,14-16,18H,3-5,8-13,17H2,1-2H3,(H,29,30,31). The van der Waals surface area contributed by atoms with Crippen LogP contribution in [-0.2, 0) is 11.3 Å². The van der Waals surface area contributed by atoms with Gasteiger partial charge < -0.3 is 24.4 Å². The Hall–Kier alpha value is -3.17. The molecule has 1 saturated heterocycles. The van der Waals surface area contributed by atoms with Gasteiger partial charge in [0.1, 0.15) is 11.6 Å². The van der Waals surface area contributed by atoms with Crippen molar-refractivity contribution in [2.45, 2.75) is 39.2 Å². The molecule has 0 unspecified atom stereocenters. The molecule has 2 aliphatic rings. The van der Waals surface area contributed by atoms with E-state index in [0.717, 1.165) is 49.2 Å². The molecule has 1 aliphatic carbocycles. The molecule has 9 nitrogen and oxygen atoms in total. The normalized spacial score (nSPS) is 16.2. The fraction of sp³-hybridized carbons (Fsp3) is 0.481. The number of pyridine rings is 1. The van der Waals surface area contributed by atoms with Crippen molar-refractivity contribution in [2.24, 2.45) is 5.92 Å². The summed E-state index contributed by atoms with van der Waals surface area (Å²) in [6.07, 6.45) is 5.39. The molecule has 10 heteroatoms. The van der Waals surface area contributed by atoms with Gasteiger partial charge in [-0.05, 0) is 43.7 Å². The Labute approximate surface area is 221 Å². The Morgan fingerprint density at radius 3 is 2.70 bits per heavy atom. The number of Topliss-reactive ketones (excluding diaryl/α,β-unsaturated/α-hetero) is 1. The maximum atomic E-state index is 13.2. The monoisotopic (exact) mass is 524 g/mol. The van der Waals surface area contributed by atoms with Gasteiger partial charge in [0, 0.05) is 50.2 Å². The molecule has 0 amide bonds. The molecule has 3 aromatic rings. The van der Waals surface area contributed by atoms with Gasteiger partial charge in [0.05, 0.1) is 11.7 Å². The number of ketones is 1. The summed E-state index contributed by atoms with van der Waals surface area (Å²) in [6.45, 7) is 5.92. The number of hydrogen-bond donors (Lipinski definition) is 1. The van der Waals surface area contributed by atoms with Gasteiger partial charge in [-0.1, -0.05) is 31.4 Å². The van der Waals surface area contributed by atoms with Crippen molar-refractivity contribution >= 4 is 45.7 Å². The molecule has 2 fully saturated rings. The molecule has 3 heterocycles. The lowest BCUT2D eigenvalue weighted by Crippen LogP contribution is -2.45. The van der Waals surface area contributed by atoms with Crippen LogP contribution in [0.3, 0.4) is 0 Å². The van der Waals surface area contributed by atoms with Gasteiger partial charge in [0.15, 0.2) is 17.4 Å². The molecule has 0 bridgehead atoms. The summed E-state index contributed by atoms with van der Waals surface area (Å²) in [4.78, 5) is 38.6. The third kappa shape index (κ3) is 6.05. The highest BCUT2D eigenvalue weighted by Gasteiger charge is 2.22. The fourth-order valence-corrected chi connectivity index (χ4v) is 4.62. The second-order valence-corrected chi connectivity index (χ2v) is 10.3. The zero-order valence-electron chi connectivity index (χ0n) is 21.4. The van der Waals surface area contributed by atoms with E-state index in [1.807, 2.05) is 18.2 Å². The minimum absolute atomic E-state index is 0.0472. The number of likely N-dealkylation sites (N-methyl/N-ethyl adjacent to an activating group) is 1. The first kappa shape index (κ1) is 25.5. The van der Waals surface area contributed by atoms with E-state index in [0.29, 0.717) is 35.7 Å². The highest BCUT2D eigenvalue weighted by atomic mass is 35.5. The predicted octanol–water partition coefficient (Wildman–Crippen LogP) is 4.10. The van der Waals surface area contributed by atoms with E-state index in [4.69, 9.17) is 21.3 Å². The van der Waals surface area contributed by atoms with E-state index in [-0.39, 0.29) is 23.7 Å². The first-order chi connectivity index (χ1) is 17.9. The van der Waals surface area contributed by atoms with E-state index >= 15 is 0 Å². The molecular formula is C27H33ClN6O3. The maximum absolute atomic E-state index is 13.2. The van der Waals surface area contributed by atoms with Gasteiger partial charge in [0.2, 0.25) is 5.95 Å². The van der Waals surface area contributed by atoms with E-state index < -0.39 is 0 Å². The van der Waals surface area contributed by atoms with Crippen LogP contribution in [0.25, 0.3) is 10.9 Å². The van der Waals surface area contributed by atoms with E-state index in [2.05, 4.69) is 27.1 Å². The average molecular weight is 525 g/mol. The van der Waals surface area contributed by atoms with Crippen molar-refractivity contribution in [3.63, 3.8) is 0 Å². The highest BCUT2D eigenvalue weighted by Crippen LogP contribution is 2.33. The zero-order valence-corrected chi connectivity index (χ0v) is 22.1. The summed E-state index contributed by atoms with van der Waals surface area (Å²) in [5, 5.41) is 4.59. The van der Waals surface area contributed by atoms with Crippen LogP contribution in [0.1, 0.15) is 32.6 Å². The smallest absolute Gasteiger partial charge is 0.293 e. The number of aryl methyl sites for hydroxylation is 1. The number of aromatic nitrogens is 3. The van der Waals surface area contributed by atoms with Crippen molar-refractivity contribution in [2.75, 3.05) is 50.1 Å². The van der Waals surface area contributed by atoms with E-state index in [1.54, 1.807) is 23.8 Å². The molecular weight excluding hydrogens is 492 g/mol. The van der Waals surface area contributed by atoms with Crippen molar-refractivity contribution in [3.05, 3.63) is 45.8 Å². The number of nitrogens with one attached hydrogen (secondary N) is 1. The minimum atomic E-state index is -0.201. The Morgan fingerprint density at radius 2 is 1.97 bits per heavy atom. The SMILES string of the molecule is CCC(=O)COc1cc2cc(Nc3nc(N4CCN(C)CC4)ncc3Cl)ccc2n(CCC2CC2)c1=O. The van der Waals surface area contributed by atoms with Gasteiger partial charge in [0.25, 0.3) is 5.56 Å². The van der Waals surface area contributed by atoms with Gasteiger partial charge in [-0.25, -0.2) is 4.98 Å². The first-order valence-corrected chi connectivity index (χ1v) is 13.3. The van der Waals surface area contributed by atoms with Gasteiger partial charge >= 0.3 is 0 Å². The number of anilines is 3. The lowest BCUT2D eigenvalue weighted by molar-refractivity contribution is -0.120. The molecule has 2 aromatic heterocycles. The fourth-order valence-electron chi connectivity index (χ4n) is 4.48. The van der Waals surface area contributed by atoms with Crippen LogP contribution in [-0.4, -0.2) is 65.1 Å². The van der Waals surface area contributed by atoms with E-state index in [9.17, 15) is 9.59 Å². The maximum Gasteiger partial charge on any atom is 0.293 e. The summed E-state index contributed by atoms with van der Waals surface area (Å²) in [5.41, 5.74) is 1.41. The van der Waals surface area contributed by atoms with Gasteiger partial charge in [-0.15, -0.1) is 0 Å². The number of carbonyl (C=O) groups excluding carboxylic acids is 1. The largest absolute Gasteiger partial charge is 0.480 e. The lowest BCUT2D eigenvalue weighted by atomic mass is 10.1. The molecule has 37 heavy (non-hydrogen) atoms. The Morgan fingerprint density at radius 1 is 1.19 bits per heavy atom. The topological polar surface area (TPSA) is 92.6 Å². The van der Waals surface area contributed by atoms with E-state index in [1.165, 1.54) is 12.8 Å². The number of benzene rings is 1. The van der Waals surface area contributed by atoms with Crippen molar-refractivity contribution in [1.29, 1.82) is 0 Å². The second kappa shape index (κ2) is 11.1. The number of hydrogen-bond acceptors (Lipinski definition) is 8. The molecule has 0 atom stereocenters. The van der Waals surface area contributed by atoms with Crippen LogP contribution in [0.5, 0.6) is 5.75 Å².